The van der Waals surface area contributed by atoms with E-state index in [2.05, 4.69) is 26.0 Å². The lowest BCUT2D eigenvalue weighted by Gasteiger charge is -2.09. The van der Waals surface area contributed by atoms with E-state index in [0.29, 0.717) is 28.9 Å². The highest BCUT2D eigenvalue weighted by atomic mass is 32.2. The Balaban J connectivity index is 1.54. The first-order valence-electron chi connectivity index (χ1n) is 10.1. The molecule has 1 aromatic heterocycles. The fourth-order valence-electron chi connectivity index (χ4n) is 2.80. The highest BCUT2D eigenvalue weighted by molar-refractivity contribution is 7.99. The van der Waals surface area contributed by atoms with Crippen LogP contribution in [0.15, 0.2) is 52.7 Å². The Hall–Kier alpha value is -3.73. The number of hydrazone groups is 1. The minimum atomic E-state index is -0.125. The molecular formula is C22H27N7O3S. The second kappa shape index (κ2) is 11.2. The average Bonchev–Trinajstić information content (AvgIpc) is 3.19. The lowest BCUT2D eigenvalue weighted by molar-refractivity contribution is -0.118. The molecule has 0 aliphatic heterocycles. The highest BCUT2D eigenvalue weighted by Crippen LogP contribution is 2.27. The third-order valence-corrected chi connectivity index (χ3v) is 5.68. The van der Waals surface area contributed by atoms with E-state index >= 15 is 0 Å². The smallest absolute Gasteiger partial charge is 0.264 e. The molecule has 0 aliphatic carbocycles. The number of amides is 1. The number of carbonyl (C=O) groups excluding carboxylic acids is 1. The van der Waals surface area contributed by atoms with E-state index in [1.807, 2.05) is 50.2 Å². The van der Waals surface area contributed by atoms with Crippen LogP contribution in [0.2, 0.25) is 0 Å². The molecule has 0 unspecified atom stereocenters. The molecule has 1 heterocycles. The predicted molar refractivity (Wildman–Crippen MR) is 129 cm³/mol. The summed E-state index contributed by atoms with van der Waals surface area (Å²) >= 11 is 1.19. The Bertz CT molecular complexity index is 1130. The van der Waals surface area contributed by atoms with Crippen molar-refractivity contribution in [1.29, 1.82) is 0 Å². The summed E-state index contributed by atoms with van der Waals surface area (Å²) in [5.41, 5.74) is 6.54. The number of aryl methyl sites for hydroxylation is 1. The van der Waals surface area contributed by atoms with Gasteiger partial charge in [-0.2, -0.15) is 5.10 Å². The van der Waals surface area contributed by atoms with Gasteiger partial charge in [-0.25, -0.2) is 10.1 Å². The number of nitrogens with zero attached hydrogens (tertiary/aromatic N) is 4. The quantitative estimate of drug-likeness (QED) is 0.179. The van der Waals surface area contributed by atoms with Gasteiger partial charge in [0.25, 0.3) is 5.95 Å². The number of nitrogens with one attached hydrogen (secondary N) is 2. The number of benzene rings is 2. The third-order valence-electron chi connectivity index (χ3n) is 4.73. The van der Waals surface area contributed by atoms with Crippen molar-refractivity contribution in [2.75, 3.05) is 31.2 Å². The van der Waals surface area contributed by atoms with Gasteiger partial charge in [-0.15, -0.1) is 10.2 Å². The Morgan fingerprint density at radius 2 is 1.85 bits per heavy atom. The number of nitrogens with two attached hydrogens (primary N) is 1. The molecule has 0 aliphatic rings. The van der Waals surface area contributed by atoms with Crippen molar-refractivity contribution in [3.05, 3.63) is 59.2 Å². The van der Waals surface area contributed by atoms with Crippen LogP contribution < -0.4 is 26.1 Å². The lowest BCUT2D eigenvalue weighted by atomic mass is 10.1. The van der Waals surface area contributed by atoms with Gasteiger partial charge >= 0.3 is 0 Å². The van der Waals surface area contributed by atoms with E-state index in [1.54, 1.807) is 20.3 Å². The molecule has 3 aromatic rings. The minimum absolute atomic E-state index is 0.125. The predicted octanol–water partition coefficient (Wildman–Crippen LogP) is 2.56. The molecule has 4 N–H and O–H groups in total. The van der Waals surface area contributed by atoms with E-state index in [9.17, 15) is 4.79 Å². The van der Waals surface area contributed by atoms with E-state index < -0.39 is 0 Å². The molecule has 0 fully saturated rings. The highest BCUT2D eigenvalue weighted by Gasteiger charge is 2.13. The van der Waals surface area contributed by atoms with Crippen LogP contribution in [0.25, 0.3) is 0 Å². The van der Waals surface area contributed by atoms with Crippen molar-refractivity contribution in [3.8, 4) is 11.5 Å². The zero-order valence-corrected chi connectivity index (χ0v) is 19.8. The van der Waals surface area contributed by atoms with Gasteiger partial charge in [-0.05, 0) is 37.6 Å². The number of aromatic nitrogens is 3. The maximum Gasteiger partial charge on any atom is 0.264 e. The third kappa shape index (κ3) is 6.39. The van der Waals surface area contributed by atoms with Crippen molar-refractivity contribution < 1.29 is 14.3 Å². The summed E-state index contributed by atoms with van der Waals surface area (Å²) in [5, 5.41) is 15.6. The van der Waals surface area contributed by atoms with Crippen molar-refractivity contribution >= 4 is 29.3 Å². The van der Waals surface area contributed by atoms with Crippen molar-refractivity contribution in [1.82, 2.24) is 20.2 Å². The topological polar surface area (TPSA) is 129 Å². The molecule has 0 spiro atoms. The summed E-state index contributed by atoms with van der Waals surface area (Å²) in [5.74, 6) is 7.57. The fourth-order valence-corrected chi connectivity index (χ4v) is 3.49. The number of thioether (sulfide) groups is 1. The Kier molecular flexibility index (Phi) is 8.14. The first kappa shape index (κ1) is 23.9. The van der Waals surface area contributed by atoms with E-state index in [1.165, 1.54) is 22.0 Å². The van der Waals surface area contributed by atoms with E-state index in [-0.39, 0.29) is 17.6 Å². The summed E-state index contributed by atoms with van der Waals surface area (Å²) in [6, 6.07) is 13.5. The minimum Gasteiger partial charge on any atom is -0.493 e. The number of anilines is 1. The molecule has 0 saturated heterocycles. The second-order valence-electron chi connectivity index (χ2n) is 7.11. The van der Waals surface area contributed by atoms with Crippen LogP contribution in [-0.4, -0.2) is 46.5 Å². The van der Waals surface area contributed by atoms with Gasteiger partial charge in [-0.3, -0.25) is 4.79 Å². The Morgan fingerprint density at radius 1 is 1.12 bits per heavy atom. The molecular weight excluding hydrogens is 442 g/mol. The molecule has 3 rings (SSSR count). The lowest BCUT2D eigenvalue weighted by Crippen LogP contribution is -2.25. The Labute approximate surface area is 196 Å². The van der Waals surface area contributed by atoms with Crippen molar-refractivity contribution in [2.45, 2.75) is 25.5 Å². The van der Waals surface area contributed by atoms with Crippen LogP contribution in [0.3, 0.4) is 0 Å². The Morgan fingerprint density at radius 3 is 2.55 bits per heavy atom. The zero-order valence-electron chi connectivity index (χ0n) is 19.0. The van der Waals surface area contributed by atoms with Crippen LogP contribution in [0.4, 0.5) is 5.95 Å². The molecule has 11 heteroatoms. The number of hydrogen-bond donors (Lipinski definition) is 3. The molecule has 174 valence electrons. The second-order valence-corrected chi connectivity index (χ2v) is 8.05. The van der Waals surface area contributed by atoms with Crippen LogP contribution in [0, 0.1) is 6.92 Å². The van der Waals surface area contributed by atoms with Gasteiger partial charge in [0.2, 0.25) is 11.1 Å². The van der Waals surface area contributed by atoms with Gasteiger partial charge in [0.1, 0.15) is 0 Å². The van der Waals surface area contributed by atoms with Crippen LogP contribution >= 0.6 is 11.8 Å². The number of carbonyl (C=O) groups is 1. The first-order valence-corrected chi connectivity index (χ1v) is 11.1. The van der Waals surface area contributed by atoms with Crippen molar-refractivity contribution in [3.63, 3.8) is 0 Å². The largest absolute Gasteiger partial charge is 0.493 e. The number of rotatable bonds is 10. The standard InChI is InChI=1S/C22H27N7O3S/c1-14-5-7-16(8-6-14)12-24-20(30)13-33-22-28-27-21(29(22)23)26-25-15(2)17-9-10-18(31-3)19(11-17)32-4/h5-11H,12-13,23H2,1-4H3,(H,24,30)(H,26,27)/b25-15+. The van der Waals surface area contributed by atoms with Crippen LogP contribution in [-0.2, 0) is 11.3 Å². The molecule has 0 saturated carbocycles. The fraction of sp³-hybridized carbons (Fsp3) is 0.273. The monoisotopic (exact) mass is 469 g/mol. The molecule has 33 heavy (non-hydrogen) atoms. The number of hydrogen-bond acceptors (Lipinski definition) is 9. The average molecular weight is 470 g/mol. The van der Waals surface area contributed by atoms with Gasteiger partial charge in [0, 0.05) is 12.1 Å². The summed E-state index contributed by atoms with van der Waals surface area (Å²) in [4.78, 5) is 12.2. The maximum absolute atomic E-state index is 12.2. The summed E-state index contributed by atoms with van der Waals surface area (Å²) < 4.78 is 11.8. The van der Waals surface area contributed by atoms with Crippen LogP contribution in [0.5, 0.6) is 11.5 Å². The summed E-state index contributed by atoms with van der Waals surface area (Å²) in [6.07, 6.45) is 0. The van der Waals surface area contributed by atoms with Gasteiger partial charge in [0.05, 0.1) is 25.7 Å². The molecule has 0 atom stereocenters. The van der Waals surface area contributed by atoms with Gasteiger partial charge < -0.3 is 20.6 Å². The molecule has 2 aromatic carbocycles. The molecule has 10 nitrogen and oxygen atoms in total. The molecule has 0 radical (unpaired) electrons. The number of ether oxygens (including phenoxy) is 2. The number of methoxy groups -OCH3 is 2. The summed E-state index contributed by atoms with van der Waals surface area (Å²) in [7, 11) is 3.16. The maximum atomic E-state index is 12.2. The molecule has 1 amide bonds. The first-order chi connectivity index (χ1) is 15.9. The van der Waals surface area contributed by atoms with Crippen LogP contribution in [0.1, 0.15) is 23.6 Å². The van der Waals surface area contributed by atoms with Gasteiger partial charge in [0.15, 0.2) is 11.5 Å². The SMILES string of the molecule is COc1ccc(/C(C)=N/Nc2nnc(SCC(=O)NCc3ccc(C)cc3)n2N)cc1OC. The normalized spacial score (nSPS) is 11.2. The molecule has 0 bridgehead atoms. The van der Waals surface area contributed by atoms with Gasteiger partial charge in [-0.1, -0.05) is 41.6 Å². The van der Waals surface area contributed by atoms with Crippen molar-refractivity contribution in [2.24, 2.45) is 5.10 Å². The van der Waals surface area contributed by atoms with E-state index in [0.717, 1.165) is 11.1 Å². The summed E-state index contributed by atoms with van der Waals surface area (Å²) in [6.45, 7) is 4.32. The van der Waals surface area contributed by atoms with E-state index in [4.69, 9.17) is 15.3 Å². The zero-order chi connectivity index (χ0) is 23.8. The number of nitrogen functional groups attached to an aromatic ring is 1.